The summed E-state index contributed by atoms with van der Waals surface area (Å²) < 4.78 is 1.72. The first kappa shape index (κ1) is 15.5. The van der Waals surface area contributed by atoms with Crippen molar-refractivity contribution in [3.8, 4) is 0 Å². The van der Waals surface area contributed by atoms with Gasteiger partial charge in [0, 0.05) is 11.2 Å². The van der Waals surface area contributed by atoms with Crippen LogP contribution in [0.3, 0.4) is 0 Å². The van der Waals surface area contributed by atoms with Crippen LogP contribution in [0.4, 0.5) is 0 Å². The second-order valence-electron chi connectivity index (χ2n) is 5.01. The van der Waals surface area contributed by atoms with E-state index >= 15 is 0 Å². The third-order valence-corrected chi connectivity index (χ3v) is 3.83. The molecule has 2 rings (SSSR count). The number of hydrogen-bond acceptors (Lipinski definition) is 3. The summed E-state index contributed by atoms with van der Waals surface area (Å²) in [6, 6.07) is 7.43. The van der Waals surface area contributed by atoms with Crippen molar-refractivity contribution >= 4 is 17.5 Å². The van der Waals surface area contributed by atoms with Gasteiger partial charge >= 0.3 is 0 Å². The average Bonchev–Trinajstić information content (AvgIpc) is 2.90. The summed E-state index contributed by atoms with van der Waals surface area (Å²) in [5.41, 5.74) is 6.41. The minimum Gasteiger partial charge on any atom is -0.391 e. The number of nitrogens with two attached hydrogens (primary N) is 1. The number of amides is 1. The van der Waals surface area contributed by atoms with Gasteiger partial charge in [0.15, 0.2) is 0 Å². The predicted molar refractivity (Wildman–Crippen MR) is 81.2 cm³/mol. The SMILES string of the molecule is C[C@H](O)[C@@H](CCc1ccccc1Cl)n1cnc(C(N)=O)c1. The Morgan fingerprint density at radius 2 is 2.19 bits per heavy atom. The first-order valence-electron chi connectivity index (χ1n) is 6.73. The van der Waals surface area contributed by atoms with Crippen LogP contribution in [0, 0.1) is 0 Å². The van der Waals surface area contributed by atoms with E-state index in [4.69, 9.17) is 17.3 Å². The summed E-state index contributed by atoms with van der Waals surface area (Å²) in [7, 11) is 0. The van der Waals surface area contributed by atoms with Gasteiger partial charge in [0.2, 0.25) is 0 Å². The zero-order chi connectivity index (χ0) is 15.4. The molecular weight excluding hydrogens is 290 g/mol. The van der Waals surface area contributed by atoms with Crippen LogP contribution in [0.25, 0.3) is 0 Å². The molecule has 0 aliphatic rings. The Labute approximate surface area is 128 Å². The highest BCUT2D eigenvalue weighted by Crippen LogP contribution is 2.23. The van der Waals surface area contributed by atoms with Crippen LogP contribution in [-0.2, 0) is 6.42 Å². The van der Waals surface area contributed by atoms with E-state index in [2.05, 4.69) is 4.98 Å². The minimum atomic E-state index is -0.581. The smallest absolute Gasteiger partial charge is 0.268 e. The normalized spacial score (nSPS) is 13.9. The van der Waals surface area contributed by atoms with Gasteiger partial charge in [0.05, 0.1) is 18.5 Å². The van der Waals surface area contributed by atoms with Gasteiger partial charge in [0.1, 0.15) is 5.69 Å². The molecule has 1 aromatic carbocycles. The number of aliphatic hydroxyl groups is 1. The van der Waals surface area contributed by atoms with Crippen LogP contribution in [0.1, 0.15) is 35.4 Å². The molecule has 0 saturated heterocycles. The summed E-state index contributed by atoms with van der Waals surface area (Å²) >= 11 is 6.14. The number of carbonyl (C=O) groups excluding carboxylic acids is 1. The lowest BCUT2D eigenvalue weighted by atomic mass is 10.0. The second kappa shape index (κ2) is 6.74. The lowest BCUT2D eigenvalue weighted by Crippen LogP contribution is -2.21. The first-order valence-corrected chi connectivity index (χ1v) is 7.11. The van der Waals surface area contributed by atoms with Gasteiger partial charge in [-0.15, -0.1) is 0 Å². The molecule has 0 fully saturated rings. The summed E-state index contributed by atoms with van der Waals surface area (Å²) in [4.78, 5) is 15.0. The summed E-state index contributed by atoms with van der Waals surface area (Å²) in [6.45, 7) is 1.71. The molecule has 6 heteroatoms. The van der Waals surface area contributed by atoms with Crippen LogP contribution in [0.15, 0.2) is 36.8 Å². The molecule has 0 saturated carbocycles. The number of aliphatic hydroxyl groups excluding tert-OH is 1. The molecule has 0 bridgehead atoms. The van der Waals surface area contributed by atoms with Crippen molar-refractivity contribution in [2.24, 2.45) is 5.73 Å². The number of nitrogens with zero attached hydrogens (tertiary/aromatic N) is 2. The van der Waals surface area contributed by atoms with E-state index in [0.29, 0.717) is 11.4 Å². The van der Waals surface area contributed by atoms with Crippen molar-refractivity contribution < 1.29 is 9.90 Å². The maximum Gasteiger partial charge on any atom is 0.268 e. The topological polar surface area (TPSA) is 81.1 Å². The summed E-state index contributed by atoms with van der Waals surface area (Å²) in [5, 5.41) is 10.7. The van der Waals surface area contributed by atoms with E-state index in [0.717, 1.165) is 12.0 Å². The number of primary amides is 1. The molecule has 2 atom stereocenters. The molecule has 0 aliphatic carbocycles. The van der Waals surface area contributed by atoms with Crippen molar-refractivity contribution in [1.82, 2.24) is 9.55 Å². The van der Waals surface area contributed by atoms with Crippen molar-refractivity contribution in [2.45, 2.75) is 31.9 Å². The zero-order valence-electron chi connectivity index (χ0n) is 11.7. The monoisotopic (exact) mass is 307 g/mol. The van der Waals surface area contributed by atoms with Crippen LogP contribution < -0.4 is 5.73 Å². The fraction of sp³-hybridized carbons (Fsp3) is 0.333. The van der Waals surface area contributed by atoms with E-state index in [1.807, 2.05) is 24.3 Å². The largest absolute Gasteiger partial charge is 0.391 e. The lowest BCUT2D eigenvalue weighted by Gasteiger charge is -2.21. The molecule has 21 heavy (non-hydrogen) atoms. The van der Waals surface area contributed by atoms with Gasteiger partial charge in [-0.2, -0.15) is 0 Å². The van der Waals surface area contributed by atoms with E-state index in [9.17, 15) is 9.90 Å². The fourth-order valence-electron chi connectivity index (χ4n) is 2.29. The highest BCUT2D eigenvalue weighted by atomic mass is 35.5. The van der Waals surface area contributed by atoms with E-state index in [1.54, 1.807) is 17.7 Å². The molecular formula is C15H18ClN3O2. The molecule has 0 unspecified atom stereocenters. The fourth-order valence-corrected chi connectivity index (χ4v) is 2.52. The van der Waals surface area contributed by atoms with Gasteiger partial charge in [-0.05, 0) is 31.4 Å². The Morgan fingerprint density at radius 3 is 2.76 bits per heavy atom. The predicted octanol–water partition coefficient (Wildman–Crippen LogP) is 2.19. The highest BCUT2D eigenvalue weighted by Gasteiger charge is 2.19. The minimum absolute atomic E-state index is 0.193. The molecule has 112 valence electrons. The molecule has 3 N–H and O–H groups in total. The number of halogens is 1. The van der Waals surface area contributed by atoms with Crippen LogP contribution in [-0.4, -0.2) is 26.7 Å². The van der Waals surface area contributed by atoms with Gasteiger partial charge in [-0.3, -0.25) is 4.79 Å². The lowest BCUT2D eigenvalue weighted by molar-refractivity contribution is 0.0994. The maximum atomic E-state index is 11.1. The van der Waals surface area contributed by atoms with Crippen molar-refractivity contribution in [3.63, 3.8) is 0 Å². The number of aromatic nitrogens is 2. The zero-order valence-corrected chi connectivity index (χ0v) is 12.5. The molecule has 0 spiro atoms. The maximum absolute atomic E-state index is 11.1. The molecule has 2 aromatic rings. The summed E-state index contributed by atoms with van der Waals surface area (Å²) in [6.07, 6.45) is 3.90. The Kier molecular flexibility index (Phi) is 4.98. The van der Waals surface area contributed by atoms with Gasteiger partial charge in [-0.25, -0.2) is 4.98 Å². The van der Waals surface area contributed by atoms with Gasteiger partial charge in [0.25, 0.3) is 5.91 Å². The van der Waals surface area contributed by atoms with Crippen molar-refractivity contribution in [1.29, 1.82) is 0 Å². The van der Waals surface area contributed by atoms with Crippen LogP contribution in [0.2, 0.25) is 5.02 Å². The molecule has 1 heterocycles. The molecule has 5 nitrogen and oxygen atoms in total. The highest BCUT2D eigenvalue weighted by molar-refractivity contribution is 6.31. The first-order chi connectivity index (χ1) is 9.99. The Balaban J connectivity index is 2.12. The number of benzene rings is 1. The van der Waals surface area contributed by atoms with Crippen LogP contribution in [0.5, 0.6) is 0 Å². The number of imidazole rings is 1. The summed E-state index contributed by atoms with van der Waals surface area (Å²) in [5.74, 6) is -0.579. The van der Waals surface area contributed by atoms with E-state index in [-0.39, 0.29) is 11.7 Å². The number of rotatable bonds is 6. The molecule has 1 amide bonds. The third kappa shape index (κ3) is 3.83. The number of carbonyl (C=O) groups is 1. The van der Waals surface area contributed by atoms with Crippen molar-refractivity contribution in [2.75, 3.05) is 0 Å². The Hall–Kier alpha value is -1.85. The van der Waals surface area contributed by atoms with Crippen LogP contribution >= 0.6 is 11.6 Å². The number of aryl methyl sites for hydroxylation is 1. The standard InChI is InChI=1S/C15H18ClN3O2/c1-10(20)14(19-8-13(15(17)21)18-9-19)7-6-11-4-2-3-5-12(11)16/h2-5,8-10,14,20H,6-7H2,1H3,(H2,17,21)/t10-,14+/m0/s1. The molecule has 0 aliphatic heterocycles. The average molecular weight is 308 g/mol. The van der Waals surface area contributed by atoms with E-state index in [1.165, 1.54) is 6.33 Å². The van der Waals surface area contributed by atoms with Gasteiger partial charge < -0.3 is 15.4 Å². The third-order valence-electron chi connectivity index (χ3n) is 3.46. The molecule has 1 aromatic heterocycles. The number of hydrogen-bond donors (Lipinski definition) is 2. The van der Waals surface area contributed by atoms with Gasteiger partial charge in [-0.1, -0.05) is 29.8 Å². The van der Waals surface area contributed by atoms with Crippen molar-refractivity contribution in [3.05, 3.63) is 53.1 Å². The Morgan fingerprint density at radius 1 is 1.48 bits per heavy atom. The second-order valence-corrected chi connectivity index (χ2v) is 5.42. The Bertz CT molecular complexity index is 625. The molecule has 0 radical (unpaired) electrons. The quantitative estimate of drug-likeness (QED) is 0.858. The van der Waals surface area contributed by atoms with E-state index < -0.39 is 12.0 Å².